The summed E-state index contributed by atoms with van der Waals surface area (Å²) in [5, 5.41) is 2.68. The van der Waals surface area contributed by atoms with Crippen LogP contribution in [0.15, 0.2) is 18.2 Å². The average Bonchev–Trinajstić information content (AvgIpc) is 2.31. The minimum absolute atomic E-state index is 0.156. The lowest BCUT2D eigenvalue weighted by Gasteiger charge is -2.22. The number of nitrogen functional groups attached to an aromatic ring is 1. The molecule has 1 rings (SSSR count). The number of nitrogens with zero attached hydrogens (tertiary/aromatic N) is 1. The molecular formula is C13H20FN3O. The third kappa shape index (κ3) is 4.00. The molecule has 0 saturated carbocycles. The Bertz CT molecular complexity index is 423. The molecule has 0 aromatic heterocycles. The van der Waals surface area contributed by atoms with Crippen LogP contribution in [0.4, 0.5) is 15.8 Å². The molecular weight excluding hydrogens is 233 g/mol. The summed E-state index contributed by atoms with van der Waals surface area (Å²) >= 11 is 0. The molecule has 0 aliphatic rings. The Kier molecular flexibility index (Phi) is 5.09. The average molecular weight is 253 g/mol. The summed E-state index contributed by atoms with van der Waals surface area (Å²) in [4.78, 5) is 13.7. The maximum absolute atomic E-state index is 12.8. The molecule has 1 atom stereocenters. The van der Waals surface area contributed by atoms with Gasteiger partial charge in [0.25, 0.3) is 0 Å². The molecule has 0 radical (unpaired) electrons. The van der Waals surface area contributed by atoms with Crippen LogP contribution in [0.5, 0.6) is 0 Å². The van der Waals surface area contributed by atoms with Crippen molar-refractivity contribution >= 4 is 17.3 Å². The Morgan fingerprint density at radius 1 is 1.56 bits per heavy atom. The number of nitrogens with two attached hydrogens (primary N) is 1. The number of halogens is 1. The summed E-state index contributed by atoms with van der Waals surface area (Å²) in [6.07, 6.45) is 0.975. The minimum Gasteiger partial charge on any atom is -0.397 e. The zero-order valence-electron chi connectivity index (χ0n) is 11.0. The van der Waals surface area contributed by atoms with Gasteiger partial charge in [0.2, 0.25) is 5.91 Å². The summed E-state index contributed by atoms with van der Waals surface area (Å²) in [6.45, 7) is 4.41. The number of likely N-dealkylation sites (N-methyl/N-ethyl adjacent to an activating group) is 1. The molecule has 1 unspecified atom stereocenters. The van der Waals surface area contributed by atoms with E-state index in [1.807, 2.05) is 11.9 Å². The molecule has 0 saturated heterocycles. The van der Waals surface area contributed by atoms with Gasteiger partial charge in [-0.1, -0.05) is 6.92 Å². The highest BCUT2D eigenvalue weighted by Gasteiger charge is 2.12. The van der Waals surface area contributed by atoms with Gasteiger partial charge in [-0.2, -0.15) is 0 Å². The first kappa shape index (κ1) is 14.4. The van der Waals surface area contributed by atoms with E-state index in [0.717, 1.165) is 6.42 Å². The van der Waals surface area contributed by atoms with E-state index in [0.29, 0.717) is 11.7 Å². The van der Waals surface area contributed by atoms with Crippen LogP contribution in [0.1, 0.15) is 20.3 Å². The van der Waals surface area contributed by atoms with E-state index in [9.17, 15) is 9.18 Å². The molecule has 3 N–H and O–H groups in total. The fourth-order valence-corrected chi connectivity index (χ4v) is 1.53. The lowest BCUT2D eigenvalue weighted by atomic mass is 10.2. The van der Waals surface area contributed by atoms with Crippen molar-refractivity contribution in [1.82, 2.24) is 4.90 Å². The summed E-state index contributed by atoms with van der Waals surface area (Å²) in [5.74, 6) is -0.571. The second-order valence-electron chi connectivity index (χ2n) is 4.45. The third-order valence-electron chi connectivity index (χ3n) is 3.02. The van der Waals surface area contributed by atoms with Gasteiger partial charge in [-0.05, 0) is 38.6 Å². The van der Waals surface area contributed by atoms with Gasteiger partial charge in [0.15, 0.2) is 0 Å². The summed E-state index contributed by atoms with van der Waals surface area (Å²) in [5.41, 5.74) is 6.29. The van der Waals surface area contributed by atoms with Crippen LogP contribution in [-0.4, -0.2) is 30.4 Å². The van der Waals surface area contributed by atoms with Gasteiger partial charge in [0, 0.05) is 6.04 Å². The Morgan fingerprint density at radius 2 is 2.22 bits per heavy atom. The molecule has 0 aliphatic carbocycles. The van der Waals surface area contributed by atoms with Crippen LogP contribution in [0.2, 0.25) is 0 Å². The molecule has 0 heterocycles. The topological polar surface area (TPSA) is 58.4 Å². The first-order valence-corrected chi connectivity index (χ1v) is 5.99. The Morgan fingerprint density at radius 3 is 2.78 bits per heavy atom. The van der Waals surface area contributed by atoms with E-state index in [1.165, 1.54) is 18.2 Å². The van der Waals surface area contributed by atoms with Crippen molar-refractivity contribution in [2.75, 3.05) is 24.6 Å². The summed E-state index contributed by atoms with van der Waals surface area (Å²) in [7, 11) is 1.89. The number of nitrogens with one attached hydrogen (secondary N) is 1. The van der Waals surface area contributed by atoms with Crippen LogP contribution in [0.3, 0.4) is 0 Å². The van der Waals surface area contributed by atoms with E-state index in [1.54, 1.807) is 0 Å². The van der Waals surface area contributed by atoms with Gasteiger partial charge < -0.3 is 11.1 Å². The number of hydrogen-bond acceptors (Lipinski definition) is 3. The highest BCUT2D eigenvalue weighted by Crippen LogP contribution is 2.18. The van der Waals surface area contributed by atoms with E-state index in [2.05, 4.69) is 19.2 Å². The fraction of sp³-hybridized carbons (Fsp3) is 0.462. The van der Waals surface area contributed by atoms with Crippen molar-refractivity contribution in [2.24, 2.45) is 0 Å². The Balaban J connectivity index is 2.59. The minimum atomic E-state index is -0.415. The number of amides is 1. The molecule has 4 nitrogen and oxygen atoms in total. The van der Waals surface area contributed by atoms with Crippen molar-refractivity contribution in [3.05, 3.63) is 24.0 Å². The van der Waals surface area contributed by atoms with Crippen molar-refractivity contribution in [1.29, 1.82) is 0 Å². The molecule has 1 aromatic rings. The van der Waals surface area contributed by atoms with Gasteiger partial charge in [-0.25, -0.2) is 4.39 Å². The standard InChI is InChI=1S/C13H20FN3O/c1-4-9(2)17(3)8-13(18)16-12-6-5-10(14)7-11(12)15/h5-7,9H,4,8,15H2,1-3H3,(H,16,18). The highest BCUT2D eigenvalue weighted by atomic mass is 19.1. The zero-order chi connectivity index (χ0) is 13.7. The monoisotopic (exact) mass is 253 g/mol. The third-order valence-corrected chi connectivity index (χ3v) is 3.02. The van der Waals surface area contributed by atoms with Crippen LogP contribution >= 0.6 is 0 Å². The fourth-order valence-electron chi connectivity index (χ4n) is 1.53. The first-order chi connectivity index (χ1) is 8.43. The van der Waals surface area contributed by atoms with Gasteiger partial charge in [0.1, 0.15) is 5.82 Å². The predicted octanol–water partition coefficient (Wildman–Crippen LogP) is 2.08. The highest BCUT2D eigenvalue weighted by molar-refractivity contribution is 5.95. The maximum atomic E-state index is 12.8. The number of hydrogen-bond donors (Lipinski definition) is 2. The molecule has 1 amide bonds. The van der Waals surface area contributed by atoms with E-state index >= 15 is 0 Å². The first-order valence-electron chi connectivity index (χ1n) is 5.99. The molecule has 5 heteroatoms. The molecule has 1 aromatic carbocycles. The van der Waals surface area contributed by atoms with E-state index < -0.39 is 5.82 Å². The molecule has 0 aliphatic heterocycles. The van der Waals surface area contributed by atoms with Crippen molar-refractivity contribution < 1.29 is 9.18 Å². The predicted molar refractivity (Wildman–Crippen MR) is 71.8 cm³/mol. The second kappa shape index (κ2) is 6.35. The van der Waals surface area contributed by atoms with E-state index in [4.69, 9.17) is 5.73 Å². The van der Waals surface area contributed by atoms with Crippen LogP contribution < -0.4 is 11.1 Å². The van der Waals surface area contributed by atoms with Crippen molar-refractivity contribution in [2.45, 2.75) is 26.3 Å². The lowest BCUT2D eigenvalue weighted by Crippen LogP contribution is -2.36. The van der Waals surface area contributed by atoms with Gasteiger partial charge in [0.05, 0.1) is 17.9 Å². The van der Waals surface area contributed by atoms with Crippen molar-refractivity contribution in [3.8, 4) is 0 Å². The van der Waals surface area contributed by atoms with E-state index in [-0.39, 0.29) is 18.1 Å². The normalized spacial score (nSPS) is 12.5. The number of rotatable bonds is 5. The molecule has 100 valence electrons. The molecule has 0 bridgehead atoms. The number of anilines is 2. The summed E-state index contributed by atoms with van der Waals surface area (Å²) < 4.78 is 12.8. The zero-order valence-corrected chi connectivity index (χ0v) is 11.0. The molecule has 18 heavy (non-hydrogen) atoms. The second-order valence-corrected chi connectivity index (χ2v) is 4.45. The number of carbonyl (C=O) groups excluding carboxylic acids is 1. The molecule has 0 fully saturated rings. The van der Waals surface area contributed by atoms with Gasteiger partial charge in [-0.15, -0.1) is 0 Å². The number of carbonyl (C=O) groups is 1. The van der Waals surface area contributed by atoms with Crippen molar-refractivity contribution in [3.63, 3.8) is 0 Å². The maximum Gasteiger partial charge on any atom is 0.238 e. The van der Waals surface area contributed by atoms with Crippen LogP contribution in [0, 0.1) is 5.82 Å². The SMILES string of the molecule is CCC(C)N(C)CC(=O)Nc1ccc(F)cc1N. The quantitative estimate of drug-likeness (QED) is 0.790. The van der Waals surface area contributed by atoms with Gasteiger partial charge in [-0.3, -0.25) is 9.69 Å². The van der Waals surface area contributed by atoms with Crippen LogP contribution in [-0.2, 0) is 4.79 Å². The smallest absolute Gasteiger partial charge is 0.238 e. The Labute approximate surface area is 107 Å². The summed E-state index contributed by atoms with van der Waals surface area (Å²) in [6, 6.07) is 4.26. The number of benzene rings is 1. The van der Waals surface area contributed by atoms with Crippen LogP contribution in [0.25, 0.3) is 0 Å². The molecule has 0 spiro atoms. The largest absolute Gasteiger partial charge is 0.397 e. The van der Waals surface area contributed by atoms with Gasteiger partial charge >= 0.3 is 0 Å². The lowest BCUT2D eigenvalue weighted by molar-refractivity contribution is -0.117. The Hall–Kier alpha value is -1.62.